The first kappa shape index (κ1) is 12.2. The van der Waals surface area contributed by atoms with E-state index in [2.05, 4.69) is 13.8 Å². The molecule has 0 N–H and O–H groups in total. The Hall–Kier alpha value is -1.84. The molecule has 4 nitrogen and oxygen atoms in total. The summed E-state index contributed by atoms with van der Waals surface area (Å²) in [5.74, 6) is -0.147. The molecule has 4 heteroatoms. The van der Waals surface area contributed by atoms with E-state index in [9.17, 15) is 9.59 Å². The summed E-state index contributed by atoms with van der Waals surface area (Å²) in [5.41, 5.74) is 0.960. The van der Waals surface area contributed by atoms with Gasteiger partial charge in [-0.25, -0.2) is 9.69 Å². The van der Waals surface area contributed by atoms with Gasteiger partial charge in [0.1, 0.15) is 12.6 Å². The standard InChI is InChI=1S/C15H17NO3/c1-15(2)8-11(15)13(17)16-12(9-19-14(16)18)10-6-4-3-5-7-10/h3-7,11-12H,8-9H2,1-2H3/t11-,12?/m0/s1. The fourth-order valence-electron chi connectivity index (χ4n) is 2.64. The summed E-state index contributed by atoms with van der Waals surface area (Å²) in [6.45, 7) is 4.35. The maximum absolute atomic E-state index is 12.4. The van der Waals surface area contributed by atoms with Crippen LogP contribution in [-0.4, -0.2) is 23.5 Å². The Balaban J connectivity index is 1.86. The van der Waals surface area contributed by atoms with E-state index in [1.807, 2.05) is 30.3 Å². The number of carbonyl (C=O) groups excluding carboxylic acids is 2. The van der Waals surface area contributed by atoms with Crippen molar-refractivity contribution in [3.05, 3.63) is 35.9 Å². The van der Waals surface area contributed by atoms with Gasteiger partial charge in [-0.15, -0.1) is 0 Å². The molecule has 1 saturated heterocycles. The van der Waals surface area contributed by atoms with Gasteiger partial charge in [0, 0.05) is 5.92 Å². The molecular formula is C15H17NO3. The largest absolute Gasteiger partial charge is 0.446 e. The van der Waals surface area contributed by atoms with Crippen LogP contribution in [0.2, 0.25) is 0 Å². The van der Waals surface area contributed by atoms with Crippen LogP contribution in [-0.2, 0) is 9.53 Å². The minimum Gasteiger partial charge on any atom is -0.446 e. The first-order valence-electron chi connectivity index (χ1n) is 6.55. The Morgan fingerprint density at radius 2 is 1.95 bits per heavy atom. The van der Waals surface area contributed by atoms with E-state index in [-0.39, 0.29) is 29.9 Å². The second kappa shape index (κ2) is 4.08. The van der Waals surface area contributed by atoms with Gasteiger partial charge in [-0.1, -0.05) is 44.2 Å². The van der Waals surface area contributed by atoms with E-state index >= 15 is 0 Å². The first-order chi connectivity index (χ1) is 9.00. The molecule has 1 aliphatic heterocycles. The van der Waals surface area contributed by atoms with Crippen LogP contribution in [0.25, 0.3) is 0 Å². The Morgan fingerprint density at radius 3 is 2.53 bits per heavy atom. The van der Waals surface area contributed by atoms with Crippen molar-refractivity contribution in [1.29, 1.82) is 0 Å². The predicted octanol–water partition coefficient (Wildman–Crippen LogP) is 2.75. The van der Waals surface area contributed by atoms with Gasteiger partial charge >= 0.3 is 6.09 Å². The molecule has 1 saturated carbocycles. The van der Waals surface area contributed by atoms with E-state index in [4.69, 9.17) is 4.74 Å². The molecular weight excluding hydrogens is 242 g/mol. The van der Waals surface area contributed by atoms with E-state index in [0.29, 0.717) is 0 Å². The van der Waals surface area contributed by atoms with Crippen molar-refractivity contribution in [2.75, 3.05) is 6.61 Å². The highest BCUT2D eigenvalue weighted by atomic mass is 16.6. The summed E-state index contributed by atoms with van der Waals surface area (Å²) in [6, 6.07) is 9.29. The molecule has 2 atom stereocenters. The highest BCUT2D eigenvalue weighted by molar-refractivity contribution is 5.96. The van der Waals surface area contributed by atoms with Crippen LogP contribution in [0.4, 0.5) is 4.79 Å². The van der Waals surface area contributed by atoms with Crippen molar-refractivity contribution in [3.8, 4) is 0 Å². The molecule has 1 aromatic rings. The van der Waals surface area contributed by atoms with Crippen molar-refractivity contribution in [2.24, 2.45) is 11.3 Å². The third-order valence-electron chi connectivity index (χ3n) is 4.11. The van der Waals surface area contributed by atoms with Crippen LogP contribution < -0.4 is 0 Å². The number of hydrogen-bond donors (Lipinski definition) is 0. The molecule has 0 bridgehead atoms. The number of hydrogen-bond acceptors (Lipinski definition) is 3. The molecule has 1 heterocycles. The zero-order valence-corrected chi connectivity index (χ0v) is 11.1. The summed E-state index contributed by atoms with van der Waals surface area (Å²) < 4.78 is 5.07. The number of ether oxygens (including phenoxy) is 1. The predicted molar refractivity (Wildman–Crippen MR) is 69.3 cm³/mol. The maximum atomic E-state index is 12.4. The van der Waals surface area contributed by atoms with Crippen LogP contribution in [0.3, 0.4) is 0 Å². The van der Waals surface area contributed by atoms with Gasteiger partial charge in [0.2, 0.25) is 5.91 Å². The summed E-state index contributed by atoms with van der Waals surface area (Å²) in [6.07, 6.45) is 0.332. The topological polar surface area (TPSA) is 46.6 Å². The molecule has 2 fully saturated rings. The molecule has 0 aromatic heterocycles. The molecule has 0 radical (unpaired) electrons. The van der Waals surface area contributed by atoms with Gasteiger partial charge in [-0.2, -0.15) is 0 Å². The minimum atomic E-state index is -0.512. The lowest BCUT2D eigenvalue weighted by Gasteiger charge is -2.20. The SMILES string of the molecule is CC1(C)C[C@H]1C(=O)N1C(=O)OCC1c1ccccc1. The molecule has 1 aromatic carbocycles. The average molecular weight is 259 g/mol. The van der Waals surface area contributed by atoms with Crippen molar-refractivity contribution >= 4 is 12.0 Å². The second-order valence-electron chi connectivity index (χ2n) is 5.96. The Bertz CT molecular complexity index is 523. The molecule has 0 spiro atoms. The number of rotatable bonds is 2. The summed E-state index contributed by atoms with van der Waals surface area (Å²) in [5, 5.41) is 0. The van der Waals surface area contributed by atoms with Crippen LogP contribution in [0.15, 0.2) is 30.3 Å². The van der Waals surface area contributed by atoms with Crippen molar-refractivity contribution in [3.63, 3.8) is 0 Å². The lowest BCUT2D eigenvalue weighted by atomic mass is 10.1. The van der Waals surface area contributed by atoms with Crippen molar-refractivity contribution in [2.45, 2.75) is 26.3 Å². The summed E-state index contributed by atoms with van der Waals surface area (Å²) in [4.78, 5) is 25.6. The molecule has 2 amide bonds. The maximum Gasteiger partial charge on any atom is 0.417 e. The smallest absolute Gasteiger partial charge is 0.417 e. The number of amides is 2. The lowest BCUT2D eigenvalue weighted by Crippen LogP contribution is -2.36. The van der Waals surface area contributed by atoms with Crippen LogP contribution in [0.1, 0.15) is 31.9 Å². The number of benzene rings is 1. The molecule has 1 unspecified atom stereocenters. The van der Waals surface area contributed by atoms with Crippen molar-refractivity contribution in [1.82, 2.24) is 4.90 Å². The van der Waals surface area contributed by atoms with Gasteiger partial charge in [0.15, 0.2) is 0 Å². The van der Waals surface area contributed by atoms with Gasteiger partial charge in [0.05, 0.1) is 0 Å². The second-order valence-corrected chi connectivity index (χ2v) is 5.96. The highest BCUT2D eigenvalue weighted by Crippen LogP contribution is 2.53. The normalized spacial score (nSPS) is 28.1. The zero-order valence-electron chi connectivity index (χ0n) is 11.1. The Kier molecular flexibility index (Phi) is 2.62. The van der Waals surface area contributed by atoms with Crippen LogP contribution in [0.5, 0.6) is 0 Å². The lowest BCUT2D eigenvalue weighted by molar-refractivity contribution is -0.131. The Morgan fingerprint density at radius 1 is 1.32 bits per heavy atom. The molecule has 2 aliphatic rings. The molecule has 3 rings (SSSR count). The number of cyclic esters (lactones) is 1. The summed E-state index contributed by atoms with van der Waals surface area (Å²) >= 11 is 0. The van der Waals surface area contributed by atoms with E-state index in [1.165, 1.54) is 4.90 Å². The van der Waals surface area contributed by atoms with Crippen LogP contribution >= 0.6 is 0 Å². The number of imide groups is 1. The van der Waals surface area contributed by atoms with Crippen molar-refractivity contribution < 1.29 is 14.3 Å². The minimum absolute atomic E-state index is 0.0151. The average Bonchev–Trinajstić information content (AvgIpc) is 2.86. The first-order valence-corrected chi connectivity index (χ1v) is 6.55. The van der Waals surface area contributed by atoms with Gasteiger partial charge in [0.25, 0.3) is 0 Å². The van der Waals surface area contributed by atoms with E-state index < -0.39 is 6.09 Å². The summed E-state index contributed by atoms with van der Waals surface area (Å²) in [7, 11) is 0. The highest BCUT2D eigenvalue weighted by Gasteiger charge is 2.55. The van der Waals surface area contributed by atoms with Crippen LogP contribution in [0, 0.1) is 11.3 Å². The van der Waals surface area contributed by atoms with Gasteiger partial charge in [-0.05, 0) is 17.4 Å². The third kappa shape index (κ3) is 2.01. The zero-order chi connectivity index (χ0) is 13.6. The van der Waals surface area contributed by atoms with Gasteiger partial charge in [-0.3, -0.25) is 4.79 Å². The number of nitrogens with zero attached hydrogens (tertiary/aromatic N) is 1. The monoisotopic (exact) mass is 259 g/mol. The van der Waals surface area contributed by atoms with E-state index in [0.717, 1.165) is 12.0 Å². The molecule has 19 heavy (non-hydrogen) atoms. The Labute approximate surface area is 112 Å². The fourth-order valence-corrected chi connectivity index (χ4v) is 2.64. The fraction of sp³-hybridized carbons (Fsp3) is 0.467. The van der Waals surface area contributed by atoms with Gasteiger partial charge < -0.3 is 4.74 Å². The molecule has 1 aliphatic carbocycles. The molecule has 100 valence electrons. The quantitative estimate of drug-likeness (QED) is 0.820. The third-order valence-corrected chi connectivity index (χ3v) is 4.11. The number of carbonyl (C=O) groups is 2. The van der Waals surface area contributed by atoms with E-state index in [1.54, 1.807) is 0 Å².